The molecule has 1 unspecified atom stereocenters. The molecule has 2 atom stereocenters. The van der Waals surface area contributed by atoms with Crippen molar-refractivity contribution in [2.75, 3.05) is 33.4 Å². The molecule has 11 heteroatoms. The Morgan fingerprint density at radius 2 is 1.69 bits per heavy atom. The van der Waals surface area contributed by atoms with E-state index in [0.29, 0.717) is 50.8 Å². The molecule has 48 heavy (non-hydrogen) atoms. The van der Waals surface area contributed by atoms with E-state index in [1.54, 1.807) is 7.11 Å². The molecule has 256 valence electrons. The van der Waals surface area contributed by atoms with Crippen molar-refractivity contribution >= 4 is 11.5 Å². The van der Waals surface area contributed by atoms with Gasteiger partial charge in [0.2, 0.25) is 0 Å². The van der Waals surface area contributed by atoms with Gasteiger partial charge < -0.3 is 29.7 Å². The van der Waals surface area contributed by atoms with Crippen molar-refractivity contribution in [3.63, 3.8) is 0 Å². The highest BCUT2D eigenvalue weighted by atomic mass is 19.4. The van der Waals surface area contributed by atoms with Crippen LogP contribution in [0.4, 0.5) is 17.6 Å². The van der Waals surface area contributed by atoms with Crippen LogP contribution in [-0.2, 0) is 17.5 Å². The third-order valence-electron chi connectivity index (χ3n) is 9.25. The van der Waals surface area contributed by atoms with Crippen LogP contribution in [0.15, 0.2) is 66.2 Å². The fourth-order valence-corrected chi connectivity index (χ4v) is 6.57. The molecule has 1 aliphatic carbocycles. The van der Waals surface area contributed by atoms with Crippen molar-refractivity contribution in [1.29, 1.82) is 0 Å². The number of benzene rings is 3. The summed E-state index contributed by atoms with van der Waals surface area (Å²) >= 11 is 0. The normalized spacial score (nSPS) is 19.2. The number of nitrogens with zero attached hydrogens (tertiary/aromatic N) is 1. The van der Waals surface area contributed by atoms with E-state index in [0.717, 1.165) is 59.0 Å². The van der Waals surface area contributed by atoms with Gasteiger partial charge in [0.05, 0.1) is 31.9 Å². The molecule has 2 heterocycles. The molecule has 6 rings (SSSR count). The maximum atomic E-state index is 14.5. The number of alkyl halides is 3. The summed E-state index contributed by atoms with van der Waals surface area (Å²) in [5, 5.41) is 7.17. The lowest BCUT2D eigenvalue weighted by Gasteiger charge is -2.41. The number of carbonyl (C=O) groups excluding carboxylic acids is 1. The van der Waals surface area contributed by atoms with E-state index in [1.807, 2.05) is 48.2 Å². The predicted molar refractivity (Wildman–Crippen MR) is 174 cm³/mol. The van der Waals surface area contributed by atoms with E-state index in [-0.39, 0.29) is 30.6 Å². The van der Waals surface area contributed by atoms with Gasteiger partial charge in [-0.05, 0) is 91.6 Å². The Kier molecular flexibility index (Phi) is 10.3. The Morgan fingerprint density at radius 3 is 2.44 bits per heavy atom. The smallest absolute Gasteiger partial charge is 0.419 e. The summed E-state index contributed by atoms with van der Waals surface area (Å²) in [6, 6.07) is 17.1. The highest BCUT2D eigenvalue weighted by molar-refractivity contribution is 6.03. The number of halogens is 4. The lowest BCUT2D eigenvalue weighted by atomic mass is 9.83. The molecule has 0 spiro atoms. The quantitative estimate of drug-likeness (QED) is 0.157. The lowest BCUT2D eigenvalue weighted by molar-refractivity contribution is -0.140. The number of carbonyl (C=O) groups is 1. The fourth-order valence-electron chi connectivity index (χ4n) is 6.57. The van der Waals surface area contributed by atoms with Crippen LogP contribution in [0.5, 0.6) is 17.2 Å². The third kappa shape index (κ3) is 7.63. The van der Waals surface area contributed by atoms with E-state index >= 15 is 0 Å². The lowest BCUT2D eigenvalue weighted by Crippen LogP contribution is -2.60. The van der Waals surface area contributed by atoms with Crippen molar-refractivity contribution in [2.24, 2.45) is 0 Å². The van der Waals surface area contributed by atoms with Crippen molar-refractivity contribution in [3.05, 3.63) is 94.3 Å². The molecule has 0 aromatic heterocycles. The van der Waals surface area contributed by atoms with Crippen LogP contribution < -0.4 is 24.8 Å². The summed E-state index contributed by atoms with van der Waals surface area (Å²) < 4.78 is 70.1. The van der Waals surface area contributed by atoms with Crippen molar-refractivity contribution in [3.8, 4) is 17.2 Å². The molecule has 2 N–H and O–H groups in total. The van der Waals surface area contributed by atoms with Gasteiger partial charge in [-0.25, -0.2) is 4.39 Å². The molecule has 2 bridgehead atoms. The Hall–Kier alpha value is -4.09. The van der Waals surface area contributed by atoms with Crippen LogP contribution in [-0.4, -0.2) is 62.3 Å². The number of nitrogens with one attached hydrogen (secondary N) is 2. The van der Waals surface area contributed by atoms with E-state index < -0.39 is 23.3 Å². The molecule has 7 nitrogen and oxygen atoms in total. The average molecular weight is 668 g/mol. The van der Waals surface area contributed by atoms with Gasteiger partial charge in [-0.2, -0.15) is 13.2 Å². The molecule has 0 radical (unpaired) electrons. The maximum Gasteiger partial charge on any atom is 0.419 e. The van der Waals surface area contributed by atoms with Crippen LogP contribution in [0.3, 0.4) is 0 Å². The first-order valence-corrected chi connectivity index (χ1v) is 16.5. The largest absolute Gasteiger partial charge is 0.496 e. The molecule has 1 saturated heterocycles. The van der Waals surface area contributed by atoms with Gasteiger partial charge in [0.25, 0.3) is 5.91 Å². The minimum absolute atomic E-state index is 0.0522. The van der Waals surface area contributed by atoms with Gasteiger partial charge in [0.1, 0.15) is 11.5 Å². The van der Waals surface area contributed by atoms with Gasteiger partial charge in [0.15, 0.2) is 11.6 Å². The Morgan fingerprint density at radius 1 is 0.958 bits per heavy atom. The first kappa shape index (κ1) is 33.8. The molecular weight excluding hydrogens is 626 g/mol. The van der Waals surface area contributed by atoms with Crippen LogP contribution >= 0.6 is 0 Å². The number of rotatable bonds is 13. The molecule has 1 saturated carbocycles. The van der Waals surface area contributed by atoms with Gasteiger partial charge in [-0.15, -0.1) is 0 Å². The van der Waals surface area contributed by atoms with Crippen molar-refractivity contribution in [2.45, 2.75) is 69.9 Å². The second-order valence-electron chi connectivity index (χ2n) is 12.6. The summed E-state index contributed by atoms with van der Waals surface area (Å²) in [7, 11) is 1.66. The van der Waals surface area contributed by atoms with E-state index in [4.69, 9.17) is 14.2 Å². The number of amides is 1. The average Bonchev–Trinajstić information content (AvgIpc) is 3.91. The van der Waals surface area contributed by atoms with Crippen LogP contribution in [0.1, 0.15) is 54.4 Å². The Labute approximate surface area is 278 Å². The highest BCUT2D eigenvalue weighted by Crippen LogP contribution is 2.38. The standard InChI is InChI=1S/C37H41F4N3O4/c1-23-25(9-6-12-32(23)46-2)22-44(27-14-15-27)36(45)34-29(19-26-20-42-21-31(34)43-26)24-8-5-10-28(18-24)47-16-3-4-17-48-33-13-7-11-30(35(33)38)37(39,40)41/h5-13,18,26-27,31,42-43H,3-4,14-17,19-22H2,1-2H3/t26?,31-/m1/s1. The molecule has 2 fully saturated rings. The summed E-state index contributed by atoms with van der Waals surface area (Å²) in [5.74, 6) is -0.303. The van der Waals surface area contributed by atoms with Crippen LogP contribution in [0, 0.1) is 12.7 Å². The van der Waals surface area contributed by atoms with E-state index in [9.17, 15) is 22.4 Å². The van der Waals surface area contributed by atoms with E-state index in [1.165, 1.54) is 6.07 Å². The number of hydrogen-bond acceptors (Lipinski definition) is 6. The number of ether oxygens (including phenoxy) is 3. The number of methoxy groups -OCH3 is 1. The number of piperazine rings is 1. The van der Waals surface area contributed by atoms with Crippen LogP contribution in [0.2, 0.25) is 0 Å². The van der Waals surface area contributed by atoms with Gasteiger partial charge >= 0.3 is 6.18 Å². The molecule has 3 aromatic rings. The number of hydrogen-bond donors (Lipinski definition) is 2. The molecule has 3 aromatic carbocycles. The fraction of sp³-hybridized carbons (Fsp3) is 0.432. The maximum absolute atomic E-state index is 14.5. The zero-order valence-corrected chi connectivity index (χ0v) is 27.2. The van der Waals surface area contributed by atoms with Gasteiger partial charge in [-0.1, -0.05) is 30.3 Å². The highest BCUT2D eigenvalue weighted by Gasteiger charge is 2.41. The third-order valence-corrected chi connectivity index (χ3v) is 9.25. The minimum Gasteiger partial charge on any atom is -0.496 e. The Bertz CT molecular complexity index is 1660. The minimum atomic E-state index is -4.79. The van der Waals surface area contributed by atoms with Gasteiger partial charge in [0, 0.05) is 37.3 Å². The summed E-state index contributed by atoms with van der Waals surface area (Å²) in [4.78, 5) is 16.6. The van der Waals surface area contributed by atoms with Crippen molar-refractivity contribution < 1.29 is 36.6 Å². The number of fused-ring (bicyclic) bond motifs is 2. The first-order chi connectivity index (χ1) is 23.1. The topological polar surface area (TPSA) is 72.1 Å². The first-order valence-electron chi connectivity index (χ1n) is 16.5. The zero-order valence-electron chi connectivity index (χ0n) is 27.2. The summed E-state index contributed by atoms with van der Waals surface area (Å²) in [6.07, 6.45) is -1.10. The summed E-state index contributed by atoms with van der Waals surface area (Å²) in [5.41, 5.74) is 3.54. The molecule has 1 amide bonds. The second kappa shape index (κ2) is 14.6. The van der Waals surface area contributed by atoms with Gasteiger partial charge in [-0.3, -0.25) is 4.79 Å². The molecule has 2 aliphatic heterocycles. The monoisotopic (exact) mass is 667 g/mol. The summed E-state index contributed by atoms with van der Waals surface area (Å²) in [6.45, 7) is 4.42. The molecular formula is C37H41F4N3O4. The second-order valence-corrected chi connectivity index (χ2v) is 12.6. The predicted octanol–water partition coefficient (Wildman–Crippen LogP) is 6.68. The SMILES string of the molecule is COc1cccc(CN(C(=O)C2=C(c3cccc(OCCCCOc4cccc(C(F)(F)F)c4F)c3)CC3CNC[C@H]2N3)C2CC2)c1C. The molecule has 3 aliphatic rings. The van der Waals surface area contributed by atoms with Crippen LogP contribution in [0.25, 0.3) is 5.57 Å². The Balaban J connectivity index is 1.14. The van der Waals surface area contributed by atoms with Crippen molar-refractivity contribution in [1.82, 2.24) is 15.5 Å². The zero-order chi connectivity index (χ0) is 33.8. The van der Waals surface area contributed by atoms with E-state index in [2.05, 4.69) is 16.7 Å². The number of unbranched alkanes of at least 4 members (excludes halogenated alkanes) is 1.